The average molecular weight is 504 g/mol. The van der Waals surface area contributed by atoms with Gasteiger partial charge in [0.25, 0.3) is 0 Å². The Balaban J connectivity index is 2.66. The molecule has 0 aromatic heterocycles. The van der Waals surface area contributed by atoms with Gasteiger partial charge in [-0.05, 0) is 78.7 Å². The van der Waals surface area contributed by atoms with Gasteiger partial charge in [0.2, 0.25) is 0 Å². The zero-order chi connectivity index (χ0) is 21.2. The molecule has 0 bridgehead atoms. The molecule has 0 unspecified atom stereocenters. The number of hydrogen-bond donors (Lipinski definition) is 0. The number of rotatable bonds is 0. The molecule has 0 nitrogen and oxygen atoms in total. The summed E-state index contributed by atoms with van der Waals surface area (Å²) in [5, 5.41) is 5.21. The van der Waals surface area contributed by atoms with E-state index in [0.29, 0.717) is 0 Å². The molecule has 28 heavy (non-hydrogen) atoms. The summed E-state index contributed by atoms with van der Waals surface area (Å²) >= 11 is 7.53. The lowest BCUT2D eigenvalue weighted by Gasteiger charge is -2.37. The van der Waals surface area contributed by atoms with Crippen LogP contribution in [-0.2, 0) is 16.2 Å². The second-order valence-corrected chi connectivity index (χ2v) is 12.8. The molecular formula is C26H32Br2. The highest BCUT2D eigenvalue weighted by Gasteiger charge is 2.33. The fourth-order valence-electron chi connectivity index (χ4n) is 4.32. The average Bonchev–Trinajstić information content (AvgIpc) is 2.52. The van der Waals surface area contributed by atoms with Crippen molar-refractivity contribution in [3.05, 3.63) is 56.0 Å². The maximum absolute atomic E-state index is 3.78. The van der Waals surface area contributed by atoms with Gasteiger partial charge in [-0.1, -0.05) is 100 Å². The maximum atomic E-state index is 3.78. The van der Waals surface area contributed by atoms with Crippen LogP contribution >= 0.6 is 31.9 Å². The first-order valence-corrected chi connectivity index (χ1v) is 11.6. The highest BCUT2D eigenvalue weighted by molar-refractivity contribution is 9.11. The summed E-state index contributed by atoms with van der Waals surface area (Å²) in [4.78, 5) is 0. The fourth-order valence-corrected chi connectivity index (χ4v) is 5.24. The van der Waals surface area contributed by atoms with Crippen LogP contribution in [0.3, 0.4) is 0 Å². The molecule has 0 atom stereocenters. The van der Waals surface area contributed by atoms with E-state index >= 15 is 0 Å². The summed E-state index contributed by atoms with van der Waals surface area (Å²) < 4.78 is 2.28. The van der Waals surface area contributed by atoms with Crippen molar-refractivity contribution in [2.75, 3.05) is 0 Å². The van der Waals surface area contributed by atoms with Crippen molar-refractivity contribution in [2.45, 2.75) is 78.6 Å². The smallest absolute Gasteiger partial charge is 0.0254 e. The Hall–Kier alpha value is -0.860. The third-order valence-electron chi connectivity index (χ3n) is 5.48. The van der Waals surface area contributed by atoms with Gasteiger partial charge in [0.05, 0.1) is 0 Å². The van der Waals surface area contributed by atoms with E-state index in [1.54, 1.807) is 0 Å². The number of fused-ring (bicyclic) bond motifs is 2. The number of halogens is 2. The Morgan fingerprint density at radius 1 is 0.536 bits per heavy atom. The summed E-state index contributed by atoms with van der Waals surface area (Å²) in [6, 6.07) is 11.4. The highest BCUT2D eigenvalue weighted by Crippen LogP contribution is 2.46. The van der Waals surface area contributed by atoms with Gasteiger partial charge in [-0.2, -0.15) is 0 Å². The molecule has 3 rings (SSSR count). The zero-order valence-electron chi connectivity index (χ0n) is 18.6. The van der Waals surface area contributed by atoms with Crippen LogP contribution in [0.15, 0.2) is 39.3 Å². The predicted octanol–water partition coefficient (Wildman–Crippen LogP) is 9.41. The van der Waals surface area contributed by atoms with Crippen LogP contribution in [0, 0.1) is 0 Å². The lowest BCUT2D eigenvalue weighted by Crippen LogP contribution is -2.28. The predicted molar refractivity (Wildman–Crippen MR) is 133 cm³/mol. The second-order valence-electron chi connectivity index (χ2n) is 11.1. The normalized spacial score (nSPS) is 13.5. The Labute approximate surface area is 187 Å². The summed E-state index contributed by atoms with van der Waals surface area (Å²) in [5.74, 6) is 0. The van der Waals surface area contributed by atoms with Gasteiger partial charge in [-0.25, -0.2) is 0 Å². The largest absolute Gasteiger partial charge is 0.0561 e. The van der Waals surface area contributed by atoms with Gasteiger partial charge in [-0.15, -0.1) is 0 Å². The first-order valence-electron chi connectivity index (χ1n) is 10.0. The summed E-state index contributed by atoms with van der Waals surface area (Å²) in [5.41, 5.74) is 4.65. The quantitative estimate of drug-likeness (QED) is 0.268. The molecule has 150 valence electrons. The Kier molecular flexibility index (Phi) is 5.34. The molecule has 0 saturated heterocycles. The van der Waals surface area contributed by atoms with Crippen molar-refractivity contribution in [3.63, 3.8) is 0 Å². The van der Waals surface area contributed by atoms with Crippen LogP contribution in [0.2, 0.25) is 0 Å². The van der Waals surface area contributed by atoms with Crippen LogP contribution in [0.4, 0.5) is 0 Å². The van der Waals surface area contributed by atoms with E-state index < -0.39 is 0 Å². The van der Waals surface area contributed by atoms with Gasteiger partial charge in [-0.3, -0.25) is 0 Å². The first kappa shape index (κ1) is 21.8. The minimum Gasteiger partial charge on any atom is -0.0561 e. The third kappa shape index (κ3) is 3.79. The minimum absolute atomic E-state index is 0.0499. The van der Waals surface area contributed by atoms with Gasteiger partial charge < -0.3 is 0 Å². The molecular weight excluding hydrogens is 472 g/mol. The zero-order valence-corrected chi connectivity index (χ0v) is 21.8. The topological polar surface area (TPSA) is 0 Å². The van der Waals surface area contributed by atoms with Crippen molar-refractivity contribution in [2.24, 2.45) is 0 Å². The van der Waals surface area contributed by atoms with Crippen molar-refractivity contribution >= 4 is 53.4 Å². The molecule has 2 heteroatoms. The lowest BCUT2D eigenvalue weighted by molar-refractivity contribution is 0.501. The number of hydrogen-bond acceptors (Lipinski definition) is 0. The molecule has 0 radical (unpaired) electrons. The molecule has 3 aromatic rings. The Bertz CT molecular complexity index is 1070. The van der Waals surface area contributed by atoms with Crippen molar-refractivity contribution in [1.82, 2.24) is 0 Å². The summed E-state index contributed by atoms with van der Waals surface area (Å²) in [7, 11) is 0. The van der Waals surface area contributed by atoms with Crippen LogP contribution < -0.4 is 0 Å². The van der Waals surface area contributed by atoms with Crippen LogP contribution in [0.5, 0.6) is 0 Å². The molecule has 0 aliphatic rings. The third-order valence-corrected chi connectivity index (χ3v) is 6.86. The van der Waals surface area contributed by atoms with E-state index in [-0.39, 0.29) is 16.2 Å². The van der Waals surface area contributed by atoms with Gasteiger partial charge in [0, 0.05) is 8.95 Å². The summed E-state index contributed by atoms with van der Waals surface area (Å²) in [6.07, 6.45) is 0. The van der Waals surface area contributed by atoms with Crippen LogP contribution in [0.1, 0.15) is 79.0 Å². The summed E-state index contributed by atoms with van der Waals surface area (Å²) in [6.45, 7) is 21.1. The Morgan fingerprint density at radius 2 is 1.00 bits per heavy atom. The highest BCUT2D eigenvalue weighted by atomic mass is 79.9. The van der Waals surface area contributed by atoms with Gasteiger partial charge in [0.1, 0.15) is 0 Å². The lowest BCUT2D eigenvalue weighted by atomic mass is 9.67. The molecule has 0 saturated carbocycles. The first-order chi connectivity index (χ1) is 12.6. The van der Waals surface area contributed by atoms with Gasteiger partial charge in [0.15, 0.2) is 0 Å². The van der Waals surface area contributed by atoms with Gasteiger partial charge >= 0.3 is 0 Å². The van der Waals surface area contributed by atoms with E-state index in [1.807, 2.05) is 0 Å². The molecule has 0 aliphatic carbocycles. The van der Waals surface area contributed by atoms with E-state index in [1.165, 1.54) is 38.2 Å². The molecule has 0 heterocycles. The molecule has 0 N–H and O–H groups in total. The van der Waals surface area contributed by atoms with Crippen molar-refractivity contribution in [3.8, 4) is 0 Å². The SMILES string of the molecule is CC(C)(C)c1cc2cc3c(Br)ccc(Br)c3cc2c(C(C)(C)C)c1C(C)(C)C. The number of benzene rings is 3. The monoisotopic (exact) mass is 502 g/mol. The second kappa shape index (κ2) is 6.84. The molecule has 0 amide bonds. The van der Waals surface area contributed by atoms with Crippen LogP contribution in [0.25, 0.3) is 21.5 Å². The standard InChI is InChI=1S/C26H32Br2/c1-24(2,3)19-13-15-12-17-18(21(28)11-10-20(17)27)14-16(15)22(25(4,5)6)23(19)26(7,8)9/h10-14H,1-9H3. The molecule has 0 spiro atoms. The van der Waals surface area contributed by atoms with Crippen molar-refractivity contribution in [1.29, 1.82) is 0 Å². The Morgan fingerprint density at radius 3 is 1.43 bits per heavy atom. The molecule has 3 aromatic carbocycles. The van der Waals surface area contributed by atoms with E-state index in [4.69, 9.17) is 0 Å². The minimum atomic E-state index is 0.0499. The maximum Gasteiger partial charge on any atom is 0.0254 e. The van der Waals surface area contributed by atoms with E-state index in [9.17, 15) is 0 Å². The van der Waals surface area contributed by atoms with Crippen molar-refractivity contribution < 1.29 is 0 Å². The van der Waals surface area contributed by atoms with Crippen LogP contribution in [-0.4, -0.2) is 0 Å². The molecule has 0 aliphatic heterocycles. The molecule has 0 fully saturated rings. The van der Waals surface area contributed by atoms with E-state index in [2.05, 4.69) is 125 Å². The van der Waals surface area contributed by atoms with E-state index in [0.717, 1.165) is 8.95 Å². The fraction of sp³-hybridized carbons (Fsp3) is 0.462.